The van der Waals surface area contributed by atoms with Crippen molar-refractivity contribution in [3.05, 3.63) is 5.53 Å². The van der Waals surface area contributed by atoms with Gasteiger partial charge in [0.2, 0.25) is 0 Å². The van der Waals surface area contributed by atoms with Crippen LogP contribution in [0.2, 0.25) is 0 Å². The van der Waals surface area contributed by atoms with Gasteiger partial charge in [-0.3, -0.25) is 0 Å². The molecule has 0 spiro atoms. The van der Waals surface area contributed by atoms with Crippen molar-refractivity contribution in [1.82, 2.24) is 0 Å². The summed E-state index contributed by atoms with van der Waals surface area (Å²) in [6.45, 7) is 1.06. The van der Waals surface area contributed by atoms with Crippen LogP contribution in [0.1, 0.15) is 6.92 Å². The van der Waals surface area contributed by atoms with Gasteiger partial charge >= 0.3 is 5.97 Å². The molecule has 0 aromatic heterocycles. The molecule has 0 aliphatic heterocycles. The van der Waals surface area contributed by atoms with Crippen molar-refractivity contribution in [1.29, 1.82) is 0 Å². The van der Waals surface area contributed by atoms with Gasteiger partial charge in [0.1, 0.15) is 0 Å². The smallest absolute Gasteiger partial charge is 0.358 e. The van der Waals surface area contributed by atoms with E-state index in [0.29, 0.717) is 0 Å². The van der Waals surface area contributed by atoms with E-state index in [-0.39, 0.29) is 0 Å². The first kappa shape index (κ1) is 4.31. The molecule has 0 unspecified atom stereocenters. The average molecular weight is 74.1 g/mol. The number of nitrogens with zero attached hydrogens (tertiary/aromatic N) is 2. The Bertz CT molecular complexity index is 67.7. The fourth-order valence-corrected chi connectivity index (χ4v) is 0. The summed E-state index contributed by atoms with van der Waals surface area (Å²) in [6.07, 6.45) is 0. The Morgan fingerprint density at radius 1 is 2.00 bits per heavy atom. The summed E-state index contributed by atoms with van der Waals surface area (Å²) in [6, 6.07) is 0. The van der Waals surface area contributed by atoms with E-state index in [0.717, 1.165) is 6.92 Å². The second-order valence-corrected chi connectivity index (χ2v) is 0.597. The van der Waals surface area contributed by atoms with Crippen LogP contribution in [0.3, 0.4) is 0 Å². The largest absolute Gasteiger partial charge is 0.439 e. The summed E-state index contributed by atoms with van der Waals surface area (Å²) in [5.74, 6) is -0.815. The van der Waals surface area contributed by atoms with Crippen molar-refractivity contribution < 1.29 is 9.18 Å². The first-order valence-electron chi connectivity index (χ1n) is 1.11. The van der Waals surface area contributed by atoms with Gasteiger partial charge in [-0.05, 0) is 0 Å². The molecule has 0 bridgehead atoms. The molecule has 0 aromatic carbocycles. The van der Waals surface area contributed by atoms with E-state index < -0.39 is 5.97 Å². The van der Waals surface area contributed by atoms with Crippen LogP contribution in [0.4, 0.5) is 4.39 Å². The predicted octanol–water partition coefficient (Wildman–Crippen LogP) is 0.604. The molecule has 0 amide bonds. The molecular formula is C2H3FN2. The van der Waals surface area contributed by atoms with Crippen molar-refractivity contribution >= 4 is 5.97 Å². The van der Waals surface area contributed by atoms with E-state index in [2.05, 4.69) is 4.79 Å². The van der Waals surface area contributed by atoms with Gasteiger partial charge in [0.05, 0.1) is 6.92 Å². The van der Waals surface area contributed by atoms with Crippen molar-refractivity contribution in [2.24, 2.45) is 0 Å². The molecule has 0 N–H and O–H groups in total. The van der Waals surface area contributed by atoms with Crippen LogP contribution in [0.15, 0.2) is 0 Å². The van der Waals surface area contributed by atoms with Crippen molar-refractivity contribution in [2.75, 3.05) is 0 Å². The monoisotopic (exact) mass is 74.0 g/mol. The summed E-state index contributed by atoms with van der Waals surface area (Å²) in [4.78, 5) is 2.14. The summed E-state index contributed by atoms with van der Waals surface area (Å²) < 4.78 is 10.9. The first-order chi connectivity index (χ1) is 2.27. The molecule has 0 saturated heterocycles. The van der Waals surface area contributed by atoms with Gasteiger partial charge in [-0.25, -0.2) is 0 Å². The Morgan fingerprint density at radius 3 is 2.20 bits per heavy atom. The fraction of sp³-hybridized carbons (Fsp3) is 0.500. The minimum absolute atomic E-state index is 0.815. The molecule has 0 aliphatic carbocycles. The minimum Gasteiger partial charge on any atom is -0.358 e. The summed E-state index contributed by atoms with van der Waals surface area (Å²) >= 11 is 0. The van der Waals surface area contributed by atoms with Crippen molar-refractivity contribution in [3.8, 4) is 0 Å². The van der Waals surface area contributed by atoms with E-state index in [1.165, 1.54) is 0 Å². The zero-order valence-corrected chi connectivity index (χ0v) is 2.77. The second kappa shape index (κ2) is 1.61. The van der Waals surface area contributed by atoms with Gasteiger partial charge in [0, 0.05) is 0 Å². The van der Waals surface area contributed by atoms with Gasteiger partial charge in [-0.15, -0.1) is 9.18 Å². The normalized spacial score (nSPS) is 6.00. The maximum absolute atomic E-state index is 10.9. The highest BCUT2D eigenvalue weighted by atomic mass is 19.1. The summed E-state index contributed by atoms with van der Waals surface area (Å²) in [5, 5.41) is 0. The highest BCUT2D eigenvalue weighted by molar-refractivity contribution is 5.64. The minimum atomic E-state index is -0.815. The molecule has 3 heteroatoms. The van der Waals surface area contributed by atoms with E-state index in [1.54, 1.807) is 0 Å². The third kappa shape index (κ3) is 3.31. The molecule has 0 radical (unpaired) electrons. The standard InChI is InChI=1S/C2H3FN2/c1-2(3)5-4/h1H3. The third-order valence-corrected chi connectivity index (χ3v) is 0.138. The molecule has 0 heterocycles. The number of hydrogen-bond acceptors (Lipinski definition) is 0. The van der Waals surface area contributed by atoms with Crippen LogP contribution in [-0.4, -0.2) is 10.8 Å². The lowest BCUT2D eigenvalue weighted by Crippen LogP contribution is -1.72. The Hall–Kier alpha value is -0.690. The Morgan fingerprint density at radius 2 is 2.20 bits per heavy atom. The van der Waals surface area contributed by atoms with Crippen LogP contribution < -0.4 is 0 Å². The highest BCUT2D eigenvalue weighted by Crippen LogP contribution is 1.59. The first-order valence-corrected chi connectivity index (χ1v) is 1.11. The lowest BCUT2D eigenvalue weighted by atomic mass is 10.9. The van der Waals surface area contributed by atoms with Crippen LogP contribution >= 0.6 is 0 Å². The third-order valence-electron chi connectivity index (χ3n) is 0.138. The SMILES string of the molecule is CC(F)=[N+]=[N-]. The Kier molecular flexibility index (Phi) is 1.39. The predicted molar refractivity (Wildman–Crippen MR) is 15.4 cm³/mol. The zero-order valence-electron chi connectivity index (χ0n) is 2.77. The molecule has 2 nitrogen and oxygen atoms in total. The van der Waals surface area contributed by atoms with E-state index in [4.69, 9.17) is 5.53 Å². The quantitative estimate of drug-likeness (QED) is 0.229. The summed E-state index contributed by atoms with van der Waals surface area (Å²) in [7, 11) is 0. The molecule has 0 aliphatic rings. The molecule has 28 valence electrons. The maximum Gasteiger partial charge on any atom is 0.439 e. The lowest BCUT2D eigenvalue weighted by Gasteiger charge is -1.49. The average Bonchev–Trinajstić information content (AvgIpc) is 1.38. The number of rotatable bonds is 0. The maximum atomic E-state index is 10.9. The molecular weight excluding hydrogens is 71.0 g/mol. The Labute approximate surface area is 28.9 Å². The van der Waals surface area contributed by atoms with Crippen molar-refractivity contribution in [2.45, 2.75) is 6.92 Å². The summed E-state index contributed by atoms with van der Waals surface area (Å²) in [5.41, 5.74) is 7.36. The molecule has 0 saturated carbocycles. The van der Waals surface area contributed by atoms with Gasteiger partial charge in [0.25, 0.3) is 0 Å². The molecule has 5 heavy (non-hydrogen) atoms. The molecule has 0 fully saturated rings. The van der Waals surface area contributed by atoms with E-state index >= 15 is 0 Å². The van der Waals surface area contributed by atoms with Gasteiger partial charge in [0.15, 0.2) is 0 Å². The van der Waals surface area contributed by atoms with Crippen LogP contribution in [-0.2, 0) is 0 Å². The van der Waals surface area contributed by atoms with Gasteiger partial charge < -0.3 is 5.53 Å². The molecule has 0 atom stereocenters. The topological polar surface area (TPSA) is 36.4 Å². The molecule has 0 aromatic rings. The van der Waals surface area contributed by atoms with E-state index in [1.807, 2.05) is 0 Å². The molecule has 0 rings (SSSR count). The van der Waals surface area contributed by atoms with E-state index in [9.17, 15) is 4.39 Å². The fourth-order valence-electron chi connectivity index (χ4n) is 0. The van der Waals surface area contributed by atoms with Crippen LogP contribution in [0.5, 0.6) is 0 Å². The lowest BCUT2D eigenvalue weighted by molar-refractivity contribution is -0.0206. The van der Waals surface area contributed by atoms with Gasteiger partial charge in [-0.2, -0.15) is 0 Å². The second-order valence-electron chi connectivity index (χ2n) is 0.597. The highest BCUT2D eigenvalue weighted by Gasteiger charge is 1.82. The Balaban J connectivity index is 3.60. The van der Waals surface area contributed by atoms with Gasteiger partial charge in [-0.1, -0.05) is 0 Å². The zero-order chi connectivity index (χ0) is 4.28. The number of halogens is 1. The van der Waals surface area contributed by atoms with Crippen LogP contribution in [0.25, 0.3) is 5.53 Å². The number of hydrogen-bond donors (Lipinski definition) is 0. The van der Waals surface area contributed by atoms with Crippen LogP contribution in [0, 0.1) is 0 Å². The van der Waals surface area contributed by atoms with Crippen molar-refractivity contribution in [3.63, 3.8) is 0 Å².